The second kappa shape index (κ2) is 9.11. The van der Waals surface area contributed by atoms with E-state index < -0.39 is 28.8 Å². The molecular weight excluding hydrogens is 465 g/mol. The number of anilines is 1. The Labute approximate surface area is 197 Å². The number of carbonyl (C=O) groups excluding carboxylic acids is 1. The number of nitrogens with zero attached hydrogens (tertiary/aromatic N) is 4. The average Bonchev–Trinajstić information content (AvgIpc) is 3.33. The largest absolute Gasteiger partial charge is 0.477 e. The average molecular weight is 488 g/mol. The maximum absolute atomic E-state index is 15.1. The highest BCUT2D eigenvalue weighted by Gasteiger charge is 2.37. The lowest BCUT2D eigenvalue weighted by atomic mass is 10.0. The number of hydrogen-bond acceptors (Lipinski definition) is 8. The second-order valence-corrected chi connectivity index (χ2v) is 9.13. The van der Waals surface area contributed by atoms with Crippen molar-refractivity contribution in [1.82, 2.24) is 19.9 Å². The summed E-state index contributed by atoms with van der Waals surface area (Å²) in [5.41, 5.74) is -1.27. The van der Waals surface area contributed by atoms with Gasteiger partial charge in [-0.05, 0) is 31.7 Å². The first-order valence-corrected chi connectivity index (χ1v) is 11.9. The monoisotopic (exact) mass is 487 g/mol. The Bertz CT molecular complexity index is 1310. The first-order valence-electron chi connectivity index (χ1n) is 11.0. The van der Waals surface area contributed by atoms with Crippen LogP contribution in [0.2, 0.25) is 0 Å². The molecule has 2 aliphatic rings. The summed E-state index contributed by atoms with van der Waals surface area (Å²) in [6.07, 6.45) is 6.17. The van der Waals surface area contributed by atoms with Crippen molar-refractivity contribution >= 4 is 40.1 Å². The van der Waals surface area contributed by atoms with Crippen molar-refractivity contribution in [2.75, 3.05) is 24.6 Å². The Balaban J connectivity index is 1.48. The summed E-state index contributed by atoms with van der Waals surface area (Å²) in [5, 5.41) is 14.2. The maximum Gasteiger partial charge on any atom is 0.341 e. The molecule has 10 nitrogen and oxygen atoms in total. The van der Waals surface area contributed by atoms with Crippen LogP contribution >= 0.6 is 11.3 Å². The predicted molar refractivity (Wildman–Crippen MR) is 122 cm³/mol. The van der Waals surface area contributed by atoms with E-state index in [4.69, 9.17) is 4.74 Å². The van der Waals surface area contributed by atoms with Crippen molar-refractivity contribution in [3.8, 4) is 5.13 Å². The van der Waals surface area contributed by atoms with E-state index in [1.807, 2.05) is 0 Å². The number of pyridine rings is 2. The number of rotatable bonds is 6. The number of aromatic carboxylic acids is 1. The number of aromatic nitrogens is 3. The molecule has 2 saturated heterocycles. The Morgan fingerprint density at radius 1 is 1.32 bits per heavy atom. The van der Waals surface area contributed by atoms with Gasteiger partial charge in [-0.25, -0.2) is 19.2 Å². The molecule has 0 spiro atoms. The molecule has 2 fully saturated rings. The lowest BCUT2D eigenvalue weighted by Gasteiger charge is -2.41. The third-order valence-corrected chi connectivity index (χ3v) is 6.91. The van der Waals surface area contributed by atoms with Crippen molar-refractivity contribution in [2.24, 2.45) is 0 Å². The van der Waals surface area contributed by atoms with Gasteiger partial charge in [0.1, 0.15) is 11.6 Å². The number of amides is 1. The number of carbonyl (C=O) groups is 2. The van der Waals surface area contributed by atoms with Gasteiger partial charge in [-0.15, -0.1) is 11.3 Å². The number of carboxylic acids is 1. The van der Waals surface area contributed by atoms with Crippen molar-refractivity contribution in [1.29, 1.82) is 0 Å². The standard InChI is InChI=1S/C22H22FN5O5S/c23-15-9-13-17(29)14(21(31)32)11-28(22-24-5-8-34-22)18(13)26-19(15)27-6-4-16(27)20(30)25-10-12-3-1-2-7-33-12/h5,8-9,11-12,16H,1-4,6-7,10H2,(H,25,30)(H,31,32). The molecule has 5 rings (SSSR count). The first-order chi connectivity index (χ1) is 16.4. The van der Waals surface area contributed by atoms with E-state index in [2.05, 4.69) is 15.3 Å². The van der Waals surface area contributed by atoms with E-state index in [1.165, 1.54) is 22.1 Å². The van der Waals surface area contributed by atoms with Crippen LogP contribution in [-0.4, -0.2) is 63.4 Å². The van der Waals surface area contributed by atoms with Gasteiger partial charge in [0.25, 0.3) is 0 Å². The third kappa shape index (κ3) is 4.03. The quantitative estimate of drug-likeness (QED) is 0.540. The zero-order valence-electron chi connectivity index (χ0n) is 18.1. The predicted octanol–water partition coefficient (Wildman–Crippen LogP) is 1.94. The van der Waals surface area contributed by atoms with Crippen LogP contribution in [-0.2, 0) is 9.53 Å². The molecule has 0 radical (unpaired) electrons. The van der Waals surface area contributed by atoms with Crippen LogP contribution in [0, 0.1) is 5.82 Å². The maximum atomic E-state index is 15.1. The SMILES string of the molecule is O=C(O)c1cn(-c2nccs2)c2nc(N3CCC3C(=O)NCC3CCCCO3)c(F)cc2c1=O. The lowest BCUT2D eigenvalue weighted by Crippen LogP contribution is -2.57. The van der Waals surface area contributed by atoms with Gasteiger partial charge in [-0.2, -0.15) is 0 Å². The van der Waals surface area contributed by atoms with Gasteiger partial charge in [0, 0.05) is 37.5 Å². The molecule has 12 heteroatoms. The summed E-state index contributed by atoms with van der Waals surface area (Å²) in [6, 6.07) is 0.390. The summed E-state index contributed by atoms with van der Waals surface area (Å²) < 4.78 is 22.1. The minimum atomic E-state index is -1.43. The van der Waals surface area contributed by atoms with Gasteiger partial charge in [0.05, 0.1) is 11.5 Å². The van der Waals surface area contributed by atoms with Gasteiger partial charge in [-0.3, -0.25) is 14.2 Å². The molecule has 0 aromatic carbocycles. The van der Waals surface area contributed by atoms with Crippen LogP contribution < -0.4 is 15.6 Å². The number of hydrogen-bond donors (Lipinski definition) is 2. The van der Waals surface area contributed by atoms with Crippen molar-refractivity contribution in [3.05, 3.63) is 45.4 Å². The van der Waals surface area contributed by atoms with Gasteiger partial charge < -0.3 is 20.1 Å². The molecule has 1 amide bonds. The lowest BCUT2D eigenvalue weighted by molar-refractivity contribution is -0.124. The molecule has 3 aromatic heterocycles. The fourth-order valence-electron chi connectivity index (χ4n) is 4.26. The van der Waals surface area contributed by atoms with Crippen LogP contribution in [0.3, 0.4) is 0 Å². The Morgan fingerprint density at radius 3 is 2.82 bits per heavy atom. The van der Waals surface area contributed by atoms with E-state index >= 15 is 4.39 Å². The van der Waals surface area contributed by atoms with Gasteiger partial charge in [-0.1, -0.05) is 0 Å². The molecule has 3 aromatic rings. The molecule has 2 atom stereocenters. The van der Waals surface area contributed by atoms with Crippen LogP contribution in [0.4, 0.5) is 10.2 Å². The van der Waals surface area contributed by atoms with E-state index in [0.717, 1.165) is 31.5 Å². The molecular formula is C22H22FN5O5S. The van der Waals surface area contributed by atoms with Gasteiger partial charge in [0.15, 0.2) is 22.4 Å². The minimum Gasteiger partial charge on any atom is -0.477 e. The highest BCUT2D eigenvalue weighted by Crippen LogP contribution is 2.30. The normalized spacial score (nSPS) is 20.2. The molecule has 2 N–H and O–H groups in total. The topological polar surface area (TPSA) is 127 Å². The Morgan fingerprint density at radius 2 is 2.18 bits per heavy atom. The van der Waals surface area contributed by atoms with Crippen molar-refractivity contribution < 1.29 is 23.8 Å². The minimum absolute atomic E-state index is 0.0158. The number of ether oxygens (including phenoxy) is 1. The van der Waals surface area contributed by atoms with E-state index in [0.29, 0.717) is 31.2 Å². The van der Waals surface area contributed by atoms with Crippen LogP contribution in [0.15, 0.2) is 28.6 Å². The molecule has 0 saturated carbocycles. The summed E-state index contributed by atoms with van der Waals surface area (Å²) in [7, 11) is 0. The Hall–Kier alpha value is -3.38. The summed E-state index contributed by atoms with van der Waals surface area (Å²) in [5.74, 6) is -2.53. The van der Waals surface area contributed by atoms with Crippen LogP contribution in [0.5, 0.6) is 0 Å². The van der Waals surface area contributed by atoms with Crippen molar-refractivity contribution in [3.63, 3.8) is 0 Å². The third-order valence-electron chi connectivity index (χ3n) is 6.14. The number of halogens is 1. The Kier molecular flexibility index (Phi) is 6.00. The second-order valence-electron chi connectivity index (χ2n) is 8.26. The van der Waals surface area contributed by atoms with Crippen LogP contribution in [0.1, 0.15) is 36.0 Å². The molecule has 5 heterocycles. The summed E-state index contributed by atoms with van der Waals surface area (Å²) >= 11 is 1.21. The fraction of sp³-hybridized carbons (Fsp3) is 0.409. The zero-order valence-corrected chi connectivity index (χ0v) is 18.9. The summed E-state index contributed by atoms with van der Waals surface area (Å²) in [6.45, 7) is 1.51. The van der Waals surface area contributed by atoms with E-state index in [1.54, 1.807) is 10.3 Å². The number of nitrogens with one attached hydrogen (secondary N) is 1. The van der Waals surface area contributed by atoms with Crippen LogP contribution in [0.25, 0.3) is 16.2 Å². The van der Waals surface area contributed by atoms with E-state index in [-0.39, 0.29) is 28.9 Å². The van der Waals surface area contributed by atoms with Gasteiger partial charge in [0.2, 0.25) is 11.3 Å². The molecule has 178 valence electrons. The molecule has 0 bridgehead atoms. The van der Waals surface area contributed by atoms with Crippen molar-refractivity contribution in [2.45, 2.75) is 37.8 Å². The smallest absolute Gasteiger partial charge is 0.341 e. The van der Waals surface area contributed by atoms with Gasteiger partial charge >= 0.3 is 5.97 Å². The molecule has 0 aliphatic carbocycles. The number of carboxylic acid groups (broad SMARTS) is 1. The highest BCUT2D eigenvalue weighted by molar-refractivity contribution is 7.12. The zero-order chi connectivity index (χ0) is 23.8. The molecule has 2 aliphatic heterocycles. The molecule has 2 unspecified atom stereocenters. The molecule has 34 heavy (non-hydrogen) atoms. The number of thiazole rings is 1. The first kappa shape index (κ1) is 22.4. The fourth-order valence-corrected chi connectivity index (χ4v) is 4.88. The summed E-state index contributed by atoms with van der Waals surface area (Å²) in [4.78, 5) is 47.2. The highest BCUT2D eigenvalue weighted by atomic mass is 32.1. The van der Waals surface area contributed by atoms with E-state index in [9.17, 15) is 19.5 Å². The number of fused-ring (bicyclic) bond motifs is 1.